The van der Waals surface area contributed by atoms with E-state index in [2.05, 4.69) is 22.0 Å². The van der Waals surface area contributed by atoms with E-state index in [9.17, 15) is 24.8 Å². The molecule has 2 aliphatic rings. The van der Waals surface area contributed by atoms with E-state index < -0.39 is 48.0 Å². The molecule has 5 atom stereocenters. The molecular formula is C30H40N6O9. The minimum absolute atomic E-state index is 0.0243. The van der Waals surface area contributed by atoms with Crippen LogP contribution in [0.15, 0.2) is 30.8 Å². The van der Waals surface area contributed by atoms with Crippen molar-refractivity contribution in [3.05, 3.63) is 36.5 Å². The summed E-state index contributed by atoms with van der Waals surface area (Å²) in [5.74, 6) is -0.934. The molecule has 0 spiro atoms. The molecule has 1 aliphatic heterocycles. The fraction of sp³-hybridized carbons (Fsp3) is 0.600. The molecule has 0 bridgehead atoms. The van der Waals surface area contributed by atoms with Gasteiger partial charge >= 0.3 is 18.0 Å². The number of anilines is 1. The molecular weight excluding hydrogens is 588 g/mol. The Morgan fingerprint density at radius 1 is 1.24 bits per heavy atom. The minimum Gasteiger partial charge on any atom is -0.463 e. The Bertz CT molecular complexity index is 1430. The number of carbonyl (C=O) groups excluding carboxylic acids is 3. The van der Waals surface area contributed by atoms with E-state index in [1.165, 1.54) is 16.6 Å². The van der Waals surface area contributed by atoms with Crippen molar-refractivity contribution in [2.75, 3.05) is 18.7 Å². The van der Waals surface area contributed by atoms with E-state index in [0.717, 1.165) is 38.4 Å². The molecule has 1 amide bonds. The van der Waals surface area contributed by atoms with Crippen LogP contribution in [0.2, 0.25) is 0 Å². The van der Waals surface area contributed by atoms with E-state index >= 15 is 0 Å². The number of aromatic nitrogens is 3. The monoisotopic (exact) mass is 628 g/mol. The topological polar surface area (TPSA) is 210 Å². The maximum Gasteiger partial charge on any atom is 0.415 e. The molecule has 3 heterocycles. The van der Waals surface area contributed by atoms with Crippen molar-refractivity contribution in [2.45, 2.75) is 89.3 Å². The molecule has 0 radical (unpaired) electrons. The van der Waals surface area contributed by atoms with Crippen LogP contribution < -0.4 is 11.1 Å². The molecule has 1 saturated heterocycles. The molecule has 15 nitrogen and oxygen atoms in total. The molecule has 45 heavy (non-hydrogen) atoms. The maximum atomic E-state index is 12.9. The Morgan fingerprint density at radius 3 is 2.64 bits per heavy atom. The third-order valence-corrected chi connectivity index (χ3v) is 7.98. The summed E-state index contributed by atoms with van der Waals surface area (Å²) >= 11 is 0. The fourth-order valence-electron chi connectivity index (χ4n) is 5.41. The predicted octanol–water partition coefficient (Wildman–Crippen LogP) is 2.67. The molecule has 15 heteroatoms. The van der Waals surface area contributed by atoms with Crippen LogP contribution in [0.5, 0.6) is 0 Å². The van der Waals surface area contributed by atoms with E-state index in [4.69, 9.17) is 29.4 Å². The van der Waals surface area contributed by atoms with Crippen molar-refractivity contribution in [2.24, 2.45) is 17.6 Å². The first kappa shape index (κ1) is 33.6. The van der Waals surface area contributed by atoms with Crippen molar-refractivity contribution in [3.63, 3.8) is 0 Å². The van der Waals surface area contributed by atoms with E-state index in [1.807, 2.05) is 6.07 Å². The lowest BCUT2D eigenvalue weighted by Gasteiger charge is -2.25. The Labute approximate surface area is 260 Å². The molecule has 244 valence electrons. The van der Waals surface area contributed by atoms with Gasteiger partial charge in [-0.25, -0.2) is 14.3 Å². The number of nitriles is 1. The quantitative estimate of drug-likeness (QED) is 0.134. The average Bonchev–Trinajstić information content (AvgIpc) is 3.56. The van der Waals surface area contributed by atoms with Crippen molar-refractivity contribution < 1.29 is 43.2 Å². The van der Waals surface area contributed by atoms with Gasteiger partial charge in [0.15, 0.2) is 11.9 Å². The van der Waals surface area contributed by atoms with Crippen molar-refractivity contribution in [1.29, 1.82) is 5.26 Å². The molecule has 1 aliphatic carbocycles. The van der Waals surface area contributed by atoms with Crippen molar-refractivity contribution >= 4 is 29.4 Å². The largest absolute Gasteiger partial charge is 0.463 e. The number of aliphatic hydroxyl groups excluding tert-OH is 1. The molecule has 2 aromatic rings. The number of aliphatic hydroxyl groups is 1. The fourth-order valence-corrected chi connectivity index (χ4v) is 5.41. The molecule has 1 saturated carbocycles. The van der Waals surface area contributed by atoms with Gasteiger partial charge in [-0.05, 0) is 43.7 Å². The van der Waals surface area contributed by atoms with Crippen LogP contribution in [0.3, 0.4) is 0 Å². The van der Waals surface area contributed by atoms with Crippen LogP contribution in [-0.4, -0.2) is 75.5 Å². The summed E-state index contributed by atoms with van der Waals surface area (Å²) in [6, 6.07) is 3.94. The van der Waals surface area contributed by atoms with Gasteiger partial charge in [0.05, 0.1) is 11.5 Å². The number of ether oxygens (including phenoxy) is 5. The summed E-state index contributed by atoms with van der Waals surface area (Å²) in [4.78, 5) is 42.0. The number of nitrogens with two attached hydrogens (primary N) is 1. The highest BCUT2D eigenvalue weighted by molar-refractivity contribution is 5.88. The van der Waals surface area contributed by atoms with E-state index in [-0.39, 0.29) is 48.7 Å². The van der Waals surface area contributed by atoms with Crippen molar-refractivity contribution in [3.8, 4) is 6.07 Å². The second kappa shape index (κ2) is 14.7. The van der Waals surface area contributed by atoms with Gasteiger partial charge in [-0.15, -0.1) is 0 Å². The van der Waals surface area contributed by atoms with Crippen LogP contribution >= 0.6 is 0 Å². The number of carbonyl (C=O) groups is 3. The highest BCUT2D eigenvalue weighted by Gasteiger charge is 2.60. The summed E-state index contributed by atoms with van der Waals surface area (Å²) in [5, 5.41) is 28.7. The number of allylic oxidation sites excluding steroid dienone is 1. The van der Waals surface area contributed by atoms with Gasteiger partial charge in [-0.2, -0.15) is 10.4 Å². The first-order chi connectivity index (χ1) is 21.5. The lowest BCUT2D eigenvalue weighted by molar-refractivity contribution is -0.162. The summed E-state index contributed by atoms with van der Waals surface area (Å²) in [5.41, 5.74) is 4.14. The lowest BCUT2D eigenvalue weighted by atomic mass is 9.87. The lowest BCUT2D eigenvalue weighted by Crippen LogP contribution is -2.46. The van der Waals surface area contributed by atoms with Gasteiger partial charge in [-0.1, -0.05) is 39.7 Å². The molecule has 4 N–H and O–H groups in total. The highest BCUT2D eigenvalue weighted by Crippen LogP contribution is 2.42. The SMILES string of the molecule is C=C(C)OCOC(=O)Nc1ncnn2c([C@]3(C#N)O[C@H](COC(=O)CC4CCCCC4)[C@@H](OC(=O)[C@@H](N)C(C)C)[C@H]3O)ccc12. The zero-order valence-corrected chi connectivity index (χ0v) is 25.6. The summed E-state index contributed by atoms with van der Waals surface area (Å²) < 4.78 is 28.5. The first-order valence-corrected chi connectivity index (χ1v) is 14.9. The van der Waals surface area contributed by atoms with Gasteiger partial charge in [0, 0.05) is 6.42 Å². The van der Waals surface area contributed by atoms with Crippen LogP contribution in [0.25, 0.3) is 5.52 Å². The van der Waals surface area contributed by atoms with E-state index in [1.54, 1.807) is 20.8 Å². The highest BCUT2D eigenvalue weighted by atomic mass is 16.7. The number of amides is 1. The number of hydrogen-bond acceptors (Lipinski definition) is 13. The van der Waals surface area contributed by atoms with Gasteiger partial charge in [0.2, 0.25) is 12.4 Å². The van der Waals surface area contributed by atoms with Gasteiger partial charge in [-0.3, -0.25) is 14.9 Å². The van der Waals surface area contributed by atoms with Crippen molar-refractivity contribution in [1.82, 2.24) is 14.6 Å². The maximum absolute atomic E-state index is 12.9. The predicted molar refractivity (Wildman–Crippen MR) is 157 cm³/mol. The van der Waals surface area contributed by atoms with Crippen LogP contribution in [0, 0.1) is 23.2 Å². The summed E-state index contributed by atoms with van der Waals surface area (Å²) in [6.45, 7) is 7.85. The summed E-state index contributed by atoms with van der Waals surface area (Å²) in [6.07, 6.45) is 1.24. The molecule has 4 rings (SSSR count). The molecule has 0 aromatic carbocycles. The van der Waals surface area contributed by atoms with Gasteiger partial charge in [0.25, 0.3) is 0 Å². The Morgan fingerprint density at radius 2 is 1.98 bits per heavy atom. The van der Waals surface area contributed by atoms with Crippen LogP contribution in [0.1, 0.15) is 65.0 Å². The number of nitrogens with one attached hydrogen (secondary N) is 1. The van der Waals surface area contributed by atoms with Gasteiger partial charge in [0.1, 0.15) is 42.8 Å². The Kier molecular flexibility index (Phi) is 11.0. The third kappa shape index (κ3) is 7.70. The number of fused-ring (bicyclic) bond motifs is 1. The van der Waals surface area contributed by atoms with E-state index in [0.29, 0.717) is 5.76 Å². The molecule has 2 fully saturated rings. The minimum atomic E-state index is -2.14. The zero-order chi connectivity index (χ0) is 32.7. The Balaban J connectivity index is 1.59. The molecule has 2 aromatic heterocycles. The zero-order valence-electron chi connectivity index (χ0n) is 25.6. The molecule has 0 unspecified atom stereocenters. The first-order valence-electron chi connectivity index (χ1n) is 14.9. The standard InChI is InChI=1S/C30H40N6O9/c1-17(2)24(32)28(39)44-25-21(13-41-23(37)12-19-8-6-5-7-9-19)45-30(14-31,26(25)38)22-11-10-20-27(33-15-34-36(20)22)35-29(40)43-16-42-18(3)4/h10-11,15,17,19,21,24-26,38H,3,5-9,12-13,16,32H2,1-2,4H3,(H,33,34,35,40)/t21-,24+,25-,26-,30+/m1/s1. The summed E-state index contributed by atoms with van der Waals surface area (Å²) in [7, 11) is 0. The number of esters is 2. The van der Waals surface area contributed by atoms with Gasteiger partial charge < -0.3 is 34.5 Å². The number of hydrogen-bond donors (Lipinski definition) is 3. The third-order valence-electron chi connectivity index (χ3n) is 7.98. The average molecular weight is 629 g/mol. The number of nitrogens with zero attached hydrogens (tertiary/aromatic N) is 4. The van der Waals surface area contributed by atoms with Crippen LogP contribution in [0.4, 0.5) is 10.6 Å². The normalized spacial score (nSPS) is 24.1. The smallest absolute Gasteiger partial charge is 0.415 e. The second-order valence-corrected chi connectivity index (χ2v) is 11.7. The Hall–Kier alpha value is -4.26. The number of rotatable bonds is 12. The second-order valence-electron chi connectivity index (χ2n) is 11.7. The van der Waals surface area contributed by atoms with Crippen LogP contribution in [-0.2, 0) is 38.9 Å².